The van der Waals surface area contributed by atoms with Crippen molar-refractivity contribution in [2.24, 2.45) is 16.7 Å². The first kappa shape index (κ1) is 35.3. The van der Waals surface area contributed by atoms with E-state index in [2.05, 4.69) is 154 Å². The molecule has 228 valence electrons. The first-order chi connectivity index (χ1) is 19.6. The van der Waals surface area contributed by atoms with Crippen LogP contribution >= 0.6 is 0 Å². The van der Waals surface area contributed by atoms with Crippen LogP contribution in [0.3, 0.4) is 0 Å². The van der Waals surface area contributed by atoms with Crippen molar-refractivity contribution in [1.82, 2.24) is 0 Å². The molecule has 0 bridgehead atoms. The molecule has 0 spiro atoms. The zero-order valence-electron chi connectivity index (χ0n) is 27.9. The van der Waals surface area contributed by atoms with Crippen LogP contribution in [0.5, 0.6) is 0 Å². The van der Waals surface area contributed by atoms with Crippen molar-refractivity contribution in [3.63, 3.8) is 0 Å². The summed E-state index contributed by atoms with van der Waals surface area (Å²) in [6.45, 7) is 21.6. The third-order valence-electron chi connectivity index (χ3n) is 8.33. The molecule has 0 amide bonds. The Bertz CT molecular complexity index is 1270. The van der Waals surface area contributed by atoms with Crippen LogP contribution in [-0.2, 0) is 0 Å². The smallest absolute Gasteiger partial charge is 0.0729 e. The molecular formula is C40H56O2. The van der Waals surface area contributed by atoms with Crippen LogP contribution in [0.2, 0.25) is 0 Å². The van der Waals surface area contributed by atoms with Crippen LogP contribution in [-0.4, -0.2) is 22.4 Å². The lowest BCUT2D eigenvalue weighted by Gasteiger charge is -2.38. The van der Waals surface area contributed by atoms with E-state index >= 15 is 0 Å². The molecule has 0 unspecified atom stereocenters. The van der Waals surface area contributed by atoms with Crippen LogP contribution in [0, 0.1) is 16.7 Å². The minimum Gasteiger partial charge on any atom is -0.393 e. The van der Waals surface area contributed by atoms with Gasteiger partial charge in [-0.1, -0.05) is 152 Å². The Kier molecular flexibility index (Phi) is 13.5. The Balaban J connectivity index is 1.90. The molecule has 42 heavy (non-hydrogen) atoms. The van der Waals surface area contributed by atoms with E-state index in [0.29, 0.717) is 5.92 Å². The van der Waals surface area contributed by atoms with Crippen molar-refractivity contribution >= 4 is 0 Å². The van der Waals surface area contributed by atoms with Gasteiger partial charge in [0.05, 0.1) is 12.2 Å². The summed E-state index contributed by atoms with van der Waals surface area (Å²) >= 11 is 0. The fourth-order valence-electron chi connectivity index (χ4n) is 6.14. The van der Waals surface area contributed by atoms with E-state index < -0.39 is 0 Å². The van der Waals surface area contributed by atoms with Crippen LogP contribution in [0.15, 0.2) is 130 Å². The quantitative estimate of drug-likeness (QED) is 0.203. The predicted molar refractivity (Wildman–Crippen MR) is 184 cm³/mol. The van der Waals surface area contributed by atoms with Crippen LogP contribution in [0.4, 0.5) is 0 Å². The molecule has 2 aliphatic carbocycles. The lowest BCUT2D eigenvalue weighted by atomic mass is 9.67. The van der Waals surface area contributed by atoms with Crippen molar-refractivity contribution in [2.75, 3.05) is 0 Å². The van der Waals surface area contributed by atoms with Crippen molar-refractivity contribution < 1.29 is 10.2 Å². The molecule has 0 radical (unpaired) electrons. The van der Waals surface area contributed by atoms with E-state index in [9.17, 15) is 10.2 Å². The van der Waals surface area contributed by atoms with Crippen molar-refractivity contribution in [3.05, 3.63) is 130 Å². The number of aliphatic hydroxyl groups excluding tert-OH is 2. The summed E-state index contributed by atoms with van der Waals surface area (Å²) in [6.07, 6.45) is 33.8. The maximum absolute atomic E-state index is 10.1. The SMILES string of the molecule is CC1=C[C@@H](O)CC(C)(C)[C@H]1/C=C/C(C)=C/C=C/C(C)=C/C=C/C=C(C)/C=C/C=C(C)/C=C/C1=C(C)C[C@@H](O)CC1(C)C. The van der Waals surface area contributed by atoms with Crippen molar-refractivity contribution in [1.29, 1.82) is 0 Å². The first-order valence-electron chi connectivity index (χ1n) is 15.4. The van der Waals surface area contributed by atoms with Gasteiger partial charge in [0, 0.05) is 5.92 Å². The maximum Gasteiger partial charge on any atom is 0.0729 e. The van der Waals surface area contributed by atoms with Crippen LogP contribution in [0.1, 0.15) is 88.5 Å². The lowest BCUT2D eigenvalue weighted by molar-refractivity contribution is 0.116. The second-order valence-electron chi connectivity index (χ2n) is 13.7. The maximum atomic E-state index is 10.1. The fourth-order valence-corrected chi connectivity index (χ4v) is 6.14. The Hall–Kier alpha value is -2.94. The molecule has 2 rings (SSSR count). The number of hydrogen-bond donors (Lipinski definition) is 2. The summed E-state index contributed by atoms with van der Waals surface area (Å²) in [5, 5.41) is 20.2. The monoisotopic (exact) mass is 568 g/mol. The topological polar surface area (TPSA) is 40.5 Å². The van der Waals surface area contributed by atoms with Crippen molar-refractivity contribution in [3.8, 4) is 0 Å². The van der Waals surface area contributed by atoms with Gasteiger partial charge in [-0.15, -0.1) is 0 Å². The molecule has 0 saturated carbocycles. The van der Waals surface area contributed by atoms with Gasteiger partial charge in [0.1, 0.15) is 0 Å². The molecule has 0 fully saturated rings. The Labute approximate surface area is 257 Å². The van der Waals surface area contributed by atoms with Gasteiger partial charge in [-0.2, -0.15) is 0 Å². The molecule has 0 aromatic carbocycles. The summed E-state index contributed by atoms with van der Waals surface area (Å²) in [5.41, 5.74) is 8.73. The van der Waals surface area contributed by atoms with E-state index in [-0.39, 0.29) is 23.0 Å². The van der Waals surface area contributed by atoms with Gasteiger partial charge in [0.15, 0.2) is 0 Å². The molecule has 2 heteroatoms. The number of aliphatic hydroxyl groups is 2. The molecule has 0 aliphatic heterocycles. The molecular weight excluding hydrogens is 512 g/mol. The summed E-state index contributed by atoms with van der Waals surface area (Å²) in [5.74, 6) is 0.348. The van der Waals surface area contributed by atoms with Gasteiger partial charge in [-0.05, 0) is 77.2 Å². The highest BCUT2D eigenvalue weighted by molar-refractivity contribution is 5.38. The minimum absolute atomic E-state index is 0.00528. The Morgan fingerprint density at radius 1 is 0.714 bits per heavy atom. The molecule has 2 nitrogen and oxygen atoms in total. The molecule has 2 aliphatic rings. The average Bonchev–Trinajstić information content (AvgIpc) is 2.84. The normalized spacial score (nSPS) is 26.6. The summed E-state index contributed by atoms with van der Waals surface area (Å²) < 4.78 is 0. The highest BCUT2D eigenvalue weighted by Gasteiger charge is 2.34. The molecule has 2 N–H and O–H groups in total. The highest BCUT2D eigenvalue weighted by atomic mass is 16.3. The number of rotatable bonds is 10. The zero-order chi connectivity index (χ0) is 31.5. The number of hydrogen-bond acceptors (Lipinski definition) is 2. The van der Waals surface area contributed by atoms with Gasteiger partial charge in [-0.25, -0.2) is 0 Å². The van der Waals surface area contributed by atoms with E-state index in [1.807, 2.05) is 6.08 Å². The Morgan fingerprint density at radius 3 is 1.74 bits per heavy atom. The standard InChI is InChI=1S/C40H56O2/c1-29(17-13-19-31(3)21-23-37-33(5)25-35(41)27-39(37,7)8)15-11-12-16-30(2)18-14-20-32(4)22-24-38-34(6)26-36(42)28-40(38,9)10/h11-25,35-37,41-42H,26-28H2,1-10H3/b12-11+,17-13+,18-14+,23-21+,24-22+,29-15+,30-16+,31-19+,32-20+/t35-,36-,37+/m1/s1. The largest absolute Gasteiger partial charge is 0.393 e. The van der Waals surface area contributed by atoms with E-state index in [1.165, 1.54) is 39.0 Å². The highest BCUT2D eigenvalue weighted by Crippen LogP contribution is 2.42. The van der Waals surface area contributed by atoms with Gasteiger partial charge in [-0.3, -0.25) is 0 Å². The van der Waals surface area contributed by atoms with Gasteiger partial charge in [0.2, 0.25) is 0 Å². The zero-order valence-corrected chi connectivity index (χ0v) is 27.9. The summed E-state index contributed by atoms with van der Waals surface area (Å²) in [6, 6.07) is 0. The third kappa shape index (κ3) is 11.7. The van der Waals surface area contributed by atoms with Gasteiger partial charge >= 0.3 is 0 Å². The fraction of sp³-hybridized carbons (Fsp3) is 0.450. The van der Waals surface area contributed by atoms with Gasteiger partial charge < -0.3 is 10.2 Å². The molecule has 0 heterocycles. The third-order valence-corrected chi connectivity index (χ3v) is 8.33. The average molecular weight is 569 g/mol. The van der Waals surface area contributed by atoms with E-state index in [1.54, 1.807) is 0 Å². The van der Waals surface area contributed by atoms with Gasteiger partial charge in [0.25, 0.3) is 0 Å². The van der Waals surface area contributed by atoms with Crippen LogP contribution in [0.25, 0.3) is 0 Å². The van der Waals surface area contributed by atoms with E-state index in [0.717, 1.165) is 19.3 Å². The molecule has 0 aromatic rings. The second kappa shape index (κ2) is 16.1. The number of allylic oxidation sites excluding steroid dienone is 20. The summed E-state index contributed by atoms with van der Waals surface area (Å²) in [7, 11) is 0. The first-order valence-corrected chi connectivity index (χ1v) is 15.4. The molecule has 0 aromatic heterocycles. The Morgan fingerprint density at radius 2 is 1.21 bits per heavy atom. The van der Waals surface area contributed by atoms with Crippen molar-refractivity contribution in [2.45, 2.75) is 101 Å². The second-order valence-corrected chi connectivity index (χ2v) is 13.7. The predicted octanol–water partition coefficient (Wildman–Crippen LogP) is 10.4. The molecule has 0 saturated heterocycles. The van der Waals surface area contributed by atoms with Crippen LogP contribution < -0.4 is 0 Å². The minimum atomic E-state index is -0.331. The lowest BCUT2D eigenvalue weighted by Crippen LogP contribution is -2.32. The molecule has 3 atom stereocenters. The van der Waals surface area contributed by atoms with E-state index in [4.69, 9.17) is 0 Å². The summed E-state index contributed by atoms with van der Waals surface area (Å²) in [4.78, 5) is 0.